The number of benzene rings is 2. The SMILES string of the molecule is CCOc1ncc(C(c2ccc(C#N)cc2)N2CCC(NC(=O)c3ccc(C#N)cc3)C2)cn1. The summed E-state index contributed by atoms with van der Waals surface area (Å²) < 4.78 is 5.38. The third kappa shape index (κ3) is 5.20. The van der Waals surface area contributed by atoms with Crippen molar-refractivity contribution >= 4 is 5.91 Å². The van der Waals surface area contributed by atoms with Crippen LogP contribution < -0.4 is 10.1 Å². The largest absolute Gasteiger partial charge is 0.464 e. The van der Waals surface area contributed by atoms with Gasteiger partial charge in [-0.15, -0.1) is 0 Å². The number of ether oxygens (including phenoxy) is 1. The lowest BCUT2D eigenvalue weighted by Crippen LogP contribution is -2.38. The Kier molecular flexibility index (Phi) is 7.12. The van der Waals surface area contributed by atoms with Gasteiger partial charge in [0.25, 0.3) is 5.91 Å². The lowest BCUT2D eigenvalue weighted by atomic mass is 9.98. The summed E-state index contributed by atoms with van der Waals surface area (Å²) >= 11 is 0. The highest BCUT2D eigenvalue weighted by atomic mass is 16.5. The Hall–Kier alpha value is -4.27. The van der Waals surface area contributed by atoms with Gasteiger partial charge in [0.05, 0.1) is 35.9 Å². The first-order valence-corrected chi connectivity index (χ1v) is 11.1. The minimum absolute atomic E-state index is 0.0207. The summed E-state index contributed by atoms with van der Waals surface area (Å²) in [5.41, 5.74) is 3.57. The maximum atomic E-state index is 12.7. The lowest BCUT2D eigenvalue weighted by Gasteiger charge is -2.28. The predicted molar refractivity (Wildman–Crippen MR) is 125 cm³/mol. The first kappa shape index (κ1) is 22.9. The van der Waals surface area contributed by atoms with Gasteiger partial charge in [-0.25, -0.2) is 9.97 Å². The van der Waals surface area contributed by atoms with E-state index in [-0.39, 0.29) is 18.0 Å². The molecule has 2 aromatic carbocycles. The van der Waals surface area contributed by atoms with Gasteiger partial charge in [0.1, 0.15) is 0 Å². The summed E-state index contributed by atoms with van der Waals surface area (Å²) in [6, 6.07) is 18.5. The number of rotatable bonds is 7. The van der Waals surface area contributed by atoms with Gasteiger partial charge in [-0.05, 0) is 55.3 Å². The molecule has 2 heterocycles. The lowest BCUT2D eigenvalue weighted by molar-refractivity contribution is 0.0937. The van der Waals surface area contributed by atoms with Gasteiger partial charge in [0, 0.05) is 42.7 Å². The molecule has 0 aliphatic carbocycles. The number of amides is 1. The van der Waals surface area contributed by atoms with Crippen molar-refractivity contribution in [3.05, 3.63) is 88.7 Å². The number of hydrogen-bond acceptors (Lipinski definition) is 7. The van der Waals surface area contributed by atoms with E-state index in [0.29, 0.717) is 35.9 Å². The van der Waals surface area contributed by atoms with E-state index in [4.69, 9.17) is 15.3 Å². The number of nitriles is 2. The third-order valence-corrected chi connectivity index (χ3v) is 5.79. The molecule has 0 saturated carbocycles. The van der Waals surface area contributed by atoms with Crippen LogP contribution >= 0.6 is 0 Å². The quantitative estimate of drug-likeness (QED) is 0.585. The minimum Gasteiger partial charge on any atom is -0.464 e. The van der Waals surface area contributed by atoms with Crippen LogP contribution in [0.25, 0.3) is 0 Å². The fraction of sp³-hybridized carbons (Fsp3) is 0.269. The summed E-state index contributed by atoms with van der Waals surface area (Å²) in [6.45, 7) is 3.80. The maximum Gasteiger partial charge on any atom is 0.316 e. The molecule has 1 fully saturated rings. The van der Waals surface area contributed by atoms with Crippen LogP contribution in [0, 0.1) is 22.7 Å². The third-order valence-electron chi connectivity index (χ3n) is 5.79. The molecule has 170 valence electrons. The fourth-order valence-electron chi connectivity index (χ4n) is 4.13. The number of hydrogen-bond donors (Lipinski definition) is 1. The first-order valence-electron chi connectivity index (χ1n) is 11.1. The summed E-state index contributed by atoms with van der Waals surface area (Å²) in [5.74, 6) is -0.157. The molecule has 1 aromatic heterocycles. The molecule has 4 rings (SSSR count). The Morgan fingerprint density at radius 2 is 1.68 bits per heavy atom. The second-order valence-corrected chi connectivity index (χ2v) is 8.01. The highest BCUT2D eigenvalue weighted by Crippen LogP contribution is 2.31. The smallest absolute Gasteiger partial charge is 0.316 e. The Morgan fingerprint density at radius 1 is 1.06 bits per heavy atom. The zero-order chi connectivity index (χ0) is 23.9. The fourth-order valence-corrected chi connectivity index (χ4v) is 4.13. The molecule has 3 aromatic rings. The van der Waals surface area contributed by atoms with Crippen molar-refractivity contribution in [2.45, 2.75) is 25.4 Å². The molecular formula is C26H24N6O2. The van der Waals surface area contributed by atoms with Gasteiger partial charge in [0.15, 0.2) is 0 Å². The van der Waals surface area contributed by atoms with Crippen molar-refractivity contribution in [3.63, 3.8) is 0 Å². The summed E-state index contributed by atoms with van der Waals surface area (Å²) in [4.78, 5) is 23.7. The van der Waals surface area contributed by atoms with Crippen molar-refractivity contribution < 1.29 is 9.53 Å². The Bertz CT molecular complexity index is 1210. The normalized spacial score (nSPS) is 16.3. The molecular weight excluding hydrogens is 428 g/mol. The van der Waals surface area contributed by atoms with E-state index in [2.05, 4.69) is 32.3 Å². The van der Waals surface area contributed by atoms with Crippen LogP contribution in [0.2, 0.25) is 0 Å². The van der Waals surface area contributed by atoms with Gasteiger partial charge >= 0.3 is 6.01 Å². The molecule has 0 radical (unpaired) electrons. The molecule has 34 heavy (non-hydrogen) atoms. The molecule has 1 N–H and O–H groups in total. The topological polar surface area (TPSA) is 115 Å². The Labute approximate surface area is 198 Å². The van der Waals surface area contributed by atoms with E-state index < -0.39 is 0 Å². The Balaban J connectivity index is 1.52. The molecule has 1 saturated heterocycles. The van der Waals surface area contributed by atoms with Crippen LogP contribution in [0.3, 0.4) is 0 Å². The minimum atomic E-state index is -0.157. The zero-order valence-electron chi connectivity index (χ0n) is 18.8. The number of nitrogens with zero attached hydrogens (tertiary/aromatic N) is 5. The van der Waals surface area contributed by atoms with Gasteiger partial charge < -0.3 is 10.1 Å². The second-order valence-electron chi connectivity index (χ2n) is 8.01. The highest BCUT2D eigenvalue weighted by Gasteiger charge is 2.31. The van der Waals surface area contributed by atoms with E-state index in [1.165, 1.54) is 0 Å². The molecule has 2 atom stereocenters. The van der Waals surface area contributed by atoms with E-state index in [9.17, 15) is 4.79 Å². The number of aromatic nitrogens is 2. The molecule has 0 bridgehead atoms. The average molecular weight is 453 g/mol. The van der Waals surface area contributed by atoms with Crippen LogP contribution in [-0.2, 0) is 0 Å². The molecule has 1 aliphatic heterocycles. The monoisotopic (exact) mass is 452 g/mol. The van der Waals surface area contributed by atoms with Crippen molar-refractivity contribution in [3.8, 4) is 18.1 Å². The number of carbonyl (C=O) groups is 1. The van der Waals surface area contributed by atoms with Crippen molar-refractivity contribution in [2.24, 2.45) is 0 Å². The molecule has 0 spiro atoms. The van der Waals surface area contributed by atoms with E-state index in [1.54, 1.807) is 48.8 Å². The summed E-state index contributed by atoms with van der Waals surface area (Å²) in [6.07, 6.45) is 4.33. The predicted octanol–water partition coefficient (Wildman–Crippen LogP) is 3.21. The molecule has 8 heteroatoms. The second kappa shape index (κ2) is 10.6. The van der Waals surface area contributed by atoms with Crippen LogP contribution in [0.1, 0.15) is 52.0 Å². The molecule has 1 aliphatic rings. The number of nitrogens with one attached hydrogen (secondary N) is 1. The summed E-state index contributed by atoms with van der Waals surface area (Å²) in [7, 11) is 0. The molecule has 1 amide bonds. The van der Waals surface area contributed by atoms with Gasteiger partial charge in [-0.3, -0.25) is 9.69 Å². The van der Waals surface area contributed by atoms with Crippen LogP contribution in [0.5, 0.6) is 6.01 Å². The van der Waals surface area contributed by atoms with Gasteiger partial charge in [-0.2, -0.15) is 10.5 Å². The van der Waals surface area contributed by atoms with Gasteiger partial charge in [-0.1, -0.05) is 12.1 Å². The van der Waals surface area contributed by atoms with Crippen LogP contribution in [-0.4, -0.2) is 46.5 Å². The zero-order valence-corrected chi connectivity index (χ0v) is 18.8. The van der Waals surface area contributed by atoms with E-state index >= 15 is 0 Å². The van der Waals surface area contributed by atoms with Crippen LogP contribution in [0.15, 0.2) is 60.9 Å². The standard InChI is InChI=1S/C26H24N6O2/c1-2-34-26-29-15-22(16-30-26)24(20-7-3-18(13-27)4-8-20)32-12-11-23(17-32)31-25(33)21-9-5-19(14-28)6-10-21/h3-10,15-16,23-24H,2,11-12,17H2,1H3,(H,31,33). The van der Waals surface area contributed by atoms with Crippen molar-refractivity contribution in [1.29, 1.82) is 10.5 Å². The average Bonchev–Trinajstić information content (AvgIpc) is 3.33. The Morgan fingerprint density at radius 3 is 2.26 bits per heavy atom. The van der Waals surface area contributed by atoms with E-state index in [1.807, 2.05) is 19.1 Å². The first-order chi connectivity index (χ1) is 16.6. The maximum absolute atomic E-state index is 12.7. The molecule has 2 unspecified atom stereocenters. The number of likely N-dealkylation sites (tertiary alicyclic amines) is 1. The summed E-state index contributed by atoms with van der Waals surface area (Å²) in [5, 5.41) is 21.2. The van der Waals surface area contributed by atoms with Crippen molar-refractivity contribution in [2.75, 3.05) is 19.7 Å². The molecule has 8 nitrogen and oxygen atoms in total. The van der Waals surface area contributed by atoms with E-state index in [0.717, 1.165) is 24.1 Å². The number of carbonyl (C=O) groups excluding carboxylic acids is 1. The van der Waals surface area contributed by atoms with Gasteiger partial charge in [0.2, 0.25) is 0 Å². The highest BCUT2D eigenvalue weighted by molar-refractivity contribution is 5.94. The van der Waals surface area contributed by atoms with Crippen molar-refractivity contribution in [1.82, 2.24) is 20.2 Å². The van der Waals surface area contributed by atoms with Crippen LogP contribution in [0.4, 0.5) is 0 Å².